The van der Waals surface area contributed by atoms with E-state index >= 15 is 0 Å². The third-order valence-corrected chi connectivity index (χ3v) is 7.76. The van der Waals surface area contributed by atoms with Gasteiger partial charge in [-0.1, -0.05) is 30.0 Å². The largest absolute Gasteiger partial charge is 0.310 e. The van der Waals surface area contributed by atoms with Gasteiger partial charge in [-0.15, -0.1) is 0 Å². The van der Waals surface area contributed by atoms with Gasteiger partial charge in [0, 0.05) is 31.5 Å². The topological polar surface area (TPSA) is 94.4 Å². The van der Waals surface area contributed by atoms with Gasteiger partial charge in [0.2, 0.25) is 15.9 Å². The van der Waals surface area contributed by atoms with Crippen molar-refractivity contribution in [2.45, 2.75) is 41.4 Å². The van der Waals surface area contributed by atoms with Crippen LogP contribution in [0.4, 0.5) is 5.69 Å². The lowest BCUT2D eigenvalue weighted by Crippen LogP contribution is -2.37. The molecule has 1 aliphatic rings. The molecular formula is C21H24N4O3S2. The maximum absolute atomic E-state index is 13.0. The SMILES string of the molecule is CC(Sc1ccc(S(=O)(=O)N2CCCC2)cn1)C(=O)N(CCC#N)c1ccccc1. The first-order valence-electron chi connectivity index (χ1n) is 9.79. The molecule has 1 aromatic heterocycles. The van der Waals surface area contributed by atoms with E-state index in [1.807, 2.05) is 30.3 Å². The number of hydrogen-bond acceptors (Lipinski definition) is 6. The average molecular weight is 445 g/mol. The molecular weight excluding hydrogens is 420 g/mol. The maximum Gasteiger partial charge on any atom is 0.244 e. The Balaban J connectivity index is 1.70. The first-order valence-corrected chi connectivity index (χ1v) is 12.1. The highest BCUT2D eigenvalue weighted by Crippen LogP contribution is 2.27. The summed E-state index contributed by atoms with van der Waals surface area (Å²) >= 11 is 1.27. The van der Waals surface area contributed by atoms with Crippen LogP contribution in [0.1, 0.15) is 26.2 Å². The molecule has 1 unspecified atom stereocenters. The summed E-state index contributed by atoms with van der Waals surface area (Å²) in [5, 5.41) is 9.06. The Bertz CT molecular complexity index is 999. The lowest BCUT2D eigenvalue weighted by Gasteiger charge is -2.24. The van der Waals surface area contributed by atoms with E-state index in [1.165, 1.54) is 22.3 Å². The first-order chi connectivity index (χ1) is 14.4. The molecule has 30 heavy (non-hydrogen) atoms. The zero-order valence-electron chi connectivity index (χ0n) is 16.8. The Hall–Kier alpha value is -2.41. The smallest absolute Gasteiger partial charge is 0.244 e. The summed E-state index contributed by atoms with van der Waals surface area (Å²) in [6, 6.07) is 14.5. The summed E-state index contributed by atoms with van der Waals surface area (Å²) in [4.78, 5) is 19.1. The van der Waals surface area contributed by atoms with E-state index in [0.29, 0.717) is 24.7 Å². The van der Waals surface area contributed by atoms with E-state index in [1.54, 1.807) is 24.0 Å². The molecule has 1 aromatic carbocycles. The van der Waals surface area contributed by atoms with Crippen LogP contribution in [-0.2, 0) is 14.8 Å². The van der Waals surface area contributed by atoms with E-state index in [2.05, 4.69) is 11.1 Å². The van der Waals surface area contributed by atoms with Crippen LogP contribution in [0.5, 0.6) is 0 Å². The third-order valence-electron chi connectivity index (χ3n) is 4.84. The summed E-state index contributed by atoms with van der Waals surface area (Å²) in [6.07, 6.45) is 3.35. The molecule has 0 N–H and O–H groups in total. The highest BCUT2D eigenvalue weighted by Gasteiger charge is 2.28. The van der Waals surface area contributed by atoms with Crippen LogP contribution in [-0.4, -0.2) is 48.5 Å². The zero-order valence-corrected chi connectivity index (χ0v) is 18.4. The molecule has 1 aliphatic heterocycles. The minimum Gasteiger partial charge on any atom is -0.310 e. The van der Waals surface area contributed by atoms with Gasteiger partial charge in [-0.05, 0) is 44.0 Å². The molecule has 1 amide bonds. The van der Waals surface area contributed by atoms with Gasteiger partial charge in [0.25, 0.3) is 0 Å². The minimum atomic E-state index is -3.50. The Morgan fingerprint density at radius 3 is 2.53 bits per heavy atom. The average Bonchev–Trinajstić information content (AvgIpc) is 3.31. The number of pyridine rings is 1. The van der Waals surface area contributed by atoms with Crippen LogP contribution in [0.3, 0.4) is 0 Å². The van der Waals surface area contributed by atoms with E-state index in [4.69, 9.17) is 5.26 Å². The third kappa shape index (κ3) is 5.19. The van der Waals surface area contributed by atoms with E-state index in [9.17, 15) is 13.2 Å². The standard InChI is InChI=1S/C21H24N4O3S2/c1-17(21(26)25(15-7-12-22)18-8-3-2-4-9-18)29-20-11-10-19(16-23-20)30(27,28)24-13-5-6-14-24/h2-4,8-11,16-17H,5-7,13-15H2,1H3. The van der Waals surface area contributed by atoms with Crippen molar-refractivity contribution in [3.63, 3.8) is 0 Å². The molecule has 9 heteroatoms. The number of carbonyl (C=O) groups excluding carboxylic acids is 1. The van der Waals surface area contributed by atoms with E-state index < -0.39 is 15.3 Å². The van der Waals surface area contributed by atoms with Gasteiger partial charge >= 0.3 is 0 Å². The van der Waals surface area contributed by atoms with Gasteiger partial charge in [0.15, 0.2) is 0 Å². The molecule has 3 rings (SSSR count). The Morgan fingerprint density at radius 2 is 1.93 bits per heavy atom. The molecule has 0 bridgehead atoms. The lowest BCUT2D eigenvalue weighted by atomic mass is 10.2. The number of para-hydroxylation sites is 1. The number of hydrogen-bond donors (Lipinski definition) is 0. The number of nitrogens with zero attached hydrogens (tertiary/aromatic N) is 4. The fraction of sp³-hybridized carbons (Fsp3) is 0.381. The predicted molar refractivity (Wildman–Crippen MR) is 117 cm³/mol. The summed E-state index contributed by atoms with van der Waals surface area (Å²) in [5.41, 5.74) is 0.741. The summed E-state index contributed by atoms with van der Waals surface area (Å²) in [7, 11) is -3.50. The monoisotopic (exact) mass is 444 g/mol. The van der Waals surface area contributed by atoms with Gasteiger partial charge in [-0.3, -0.25) is 4.79 Å². The van der Waals surface area contributed by atoms with Crippen molar-refractivity contribution in [3.8, 4) is 6.07 Å². The van der Waals surface area contributed by atoms with Crippen LogP contribution in [0.15, 0.2) is 58.6 Å². The van der Waals surface area contributed by atoms with Crippen LogP contribution < -0.4 is 4.90 Å². The van der Waals surface area contributed by atoms with Gasteiger partial charge in [-0.25, -0.2) is 13.4 Å². The highest BCUT2D eigenvalue weighted by molar-refractivity contribution is 8.00. The van der Waals surface area contributed by atoms with Crippen LogP contribution in [0.2, 0.25) is 0 Å². The van der Waals surface area contributed by atoms with Gasteiger partial charge in [-0.2, -0.15) is 9.57 Å². The Kier molecular flexibility index (Phi) is 7.48. The minimum absolute atomic E-state index is 0.128. The molecule has 0 saturated carbocycles. The molecule has 1 fully saturated rings. The van der Waals surface area contributed by atoms with Crippen molar-refractivity contribution >= 4 is 33.4 Å². The van der Waals surface area contributed by atoms with Crippen molar-refractivity contribution in [2.24, 2.45) is 0 Å². The van der Waals surface area contributed by atoms with Crippen LogP contribution >= 0.6 is 11.8 Å². The summed E-state index contributed by atoms with van der Waals surface area (Å²) in [5.74, 6) is -0.128. The van der Waals surface area contributed by atoms with Crippen molar-refractivity contribution in [1.82, 2.24) is 9.29 Å². The number of thioether (sulfide) groups is 1. The number of anilines is 1. The molecule has 0 aliphatic carbocycles. The Morgan fingerprint density at radius 1 is 1.23 bits per heavy atom. The second kappa shape index (κ2) is 10.1. The second-order valence-corrected chi connectivity index (χ2v) is 10.2. The first kappa shape index (κ1) is 22.3. The molecule has 0 spiro atoms. The number of sulfonamides is 1. The fourth-order valence-corrected chi connectivity index (χ4v) is 5.57. The molecule has 2 heterocycles. The van der Waals surface area contributed by atoms with E-state index in [-0.39, 0.29) is 17.2 Å². The van der Waals surface area contributed by atoms with Gasteiger partial charge in [0.1, 0.15) is 4.90 Å². The quantitative estimate of drug-likeness (QED) is 0.580. The van der Waals surface area contributed by atoms with Gasteiger partial charge in [0.05, 0.1) is 22.8 Å². The van der Waals surface area contributed by atoms with Crippen LogP contribution in [0.25, 0.3) is 0 Å². The normalized spacial score (nSPS) is 15.5. The predicted octanol–water partition coefficient (Wildman–Crippen LogP) is 3.29. The molecule has 1 saturated heterocycles. The Labute approximate surface area is 181 Å². The van der Waals surface area contributed by atoms with Crippen LogP contribution in [0, 0.1) is 11.3 Å². The van der Waals surface area contributed by atoms with Crippen molar-refractivity contribution in [2.75, 3.05) is 24.5 Å². The molecule has 1 atom stereocenters. The van der Waals surface area contributed by atoms with Crippen molar-refractivity contribution < 1.29 is 13.2 Å². The zero-order chi connectivity index (χ0) is 21.6. The second-order valence-electron chi connectivity index (χ2n) is 6.94. The molecule has 158 valence electrons. The van der Waals surface area contributed by atoms with E-state index in [0.717, 1.165) is 18.5 Å². The van der Waals surface area contributed by atoms with Crippen molar-refractivity contribution in [3.05, 3.63) is 48.7 Å². The maximum atomic E-state index is 13.0. The summed E-state index contributed by atoms with van der Waals surface area (Å²) < 4.78 is 26.7. The summed E-state index contributed by atoms with van der Waals surface area (Å²) in [6.45, 7) is 3.18. The molecule has 0 radical (unpaired) electrons. The van der Waals surface area contributed by atoms with Gasteiger partial charge < -0.3 is 4.90 Å². The number of benzene rings is 1. The highest BCUT2D eigenvalue weighted by atomic mass is 32.2. The number of aromatic nitrogens is 1. The molecule has 7 nitrogen and oxygen atoms in total. The molecule has 2 aromatic rings. The van der Waals surface area contributed by atoms with Crippen molar-refractivity contribution in [1.29, 1.82) is 5.26 Å². The number of carbonyl (C=O) groups is 1. The fourth-order valence-electron chi connectivity index (χ4n) is 3.25. The number of amides is 1. The lowest BCUT2D eigenvalue weighted by molar-refractivity contribution is -0.117. The number of nitriles is 1. The number of rotatable bonds is 8.